The molecule has 0 aliphatic heterocycles. The van der Waals surface area contributed by atoms with E-state index in [-0.39, 0.29) is 11.9 Å². The summed E-state index contributed by atoms with van der Waals surface area (Å²) in [6, 6.07) is 8.62. The van der Waals surface area contributed by atoms with Gasteiger partial charge in [0, 0.05) is 9.86 Å². The van der Waals surface area contributed by atoms with Gasteiger partial charge in [0.1, 0.15) is 0 Å². The molecule has 31 heavy (non-hydrogen) atoms. The van der Waals surface area contributed by atoms with Crippen LogP contribution in [0, 0.1) is 0 Å². The number of halogens is 2. The van der Waals surface area contributed by atoms with Crippen LogP contribution < -0.4 is 19.6 Å². The Morgan fingerprint density at radius 3 is 2.65 bits per heavy atom. The van der Waals surface area contributed by atoms with E-state index in [2.05, 4.69) is 26.5 Å². The SMILES string of the molecule is CC[C@H](C)Oc1c(Cl)cc(/C=N\NC(=O)c2cc3cc(Br)cc(OC)c3o2)cc1OC. The Labute approximate surface area is 193 Å². The molecule has 0 saturated heterocycles. The number of hydrazone groups is 1. The van der Waals surface area contributed by atoms with Crippen molar-refractivity contribution in [3.05, 3.63) is 51.2 Å². The van der Waals surface area contributed by atoms with Crippen LogP contribution in [0.5, 0.6) is 17.2 Å². The van der Waals surface area contributed by atoms with Gasteiger partial charge in [-0.1, -0.05) is 34.5 Å². The molecule has 0 fully saturated rings. The summed E-state index contributed by atoms with van der Waals surface area (Å²) in [6.07, 6.45) is 2.28. The van der Waals surface area contributed by atoms with Gasteiger partial charge in [-0.2, -0.15) is 5.10 Å². The van der Waals surface area contributed by atoms with Gasteiger partial charge < -0.3 is 18.6 Å². The van der Waals surface area contributed by atoms with Gasteiger partial charge in [0.2, 0.25) is 0 Å². The second-order valence-corrected chi connectivity index (χ2v) is 8.03. The van der Waals surface area contributed by atoms with Crippen LogP contribution in [0.4, 0.5) is 0 Å². The van der Waals surface area contributed by atoms with Gasteiger partial charge in [-0.15, -0.1) is 0 Å². The van der Waals surface area contributed by atoms with Gasteiger partial charge in [-0.25, -0.2) is 5.43 Å². The summed E-state index contributed by atoms with van der Waals surface area (Å²) in [5, 5.41) is 5.11. The van der Waals surface area contributed by atoms with Gasteiger partial charge in [0.15, 0.2) is 28.6 Å². The predicted octanol–water partition coefficient (Wildman–Crippen LogP) is 5.81. The number of carbonyl (C=O) groups excluding carboxylic acids is 1. The average Bonchev–Trinajstić information content (AvgIpc) is 3.18. The average molecular weight is 510 g/mol. The van der Waals surface area contributed by atoms with Crippen molar-refractivity contribution in [2.75, 3.05) is 14.2 Å². The van der Waals surface area contributed by atoms with E-state index >= 15 is 0 Å². The lowest BCUT2D eigenvalue weighted by Crippen LogP contribution is -2.16. The smallest absolute Gasteiger partial charge is 0.307 e. The Bertz CT molecular complexity index is 1130. The van der Waals surface area contributed by atoms with Gasteiger partial charge in [-0.3, -0.25) is 4.79 Å². The summed E-state index contributed by atoms with van der Waals surface area (Å²) in [6.45, 7) is 3.97. The first-order valence-electron chi connectivity index (χ1n) is 9.50. The molecule has 9 heteroatoms. The lowest BCUT2D eigenvalue weighted by Gasteiger charge is -2.17. The molecule has 1 heterocycles. The van der Waals surface area contributed by atoms with Crippen LogP contribution in [0.2, 0.25) is 5.02 Å². The summed E-state index contributed by atoms with van der Waals surface area (Å²) >= 11 is 9.76. The molecule has 0 aliphatic rings. The van der Waals surface area contributed by atoms with Crippen molar-refractivity contribution in [3.63, 3.8) is 0 Å². The highest BCUT2D eigenvalue weighted by Crippen LogP contribution is 2.37. The molecule has 3 aromatic rings. The highest BCUT2D eigenvalue weighted by molar-refractivity contribution is 9.10. The van der Waals surface area contributed by atoms with E-state index in [0.29, 0.717) is 33.4 Å². The Balaban J connectivity index is 1.76. The molecule has 0 bridgehead atoms. The van der Waals surface area contributed by atoms with Crippen LogP contribution in [-0.2, 0) is 0 Å². The molecule has 164 valence electrons. The Kier molecular flexibility index (Phi) is 7.46. The lowest BCUT2D eigenvalue weighted by atomic mass is 10.2. The van der Waals surface area contributed by atoms with Crippen LogP contribution in [-0.4, -0.2) is 32.4 Å². The molecule has 7 nitrogen and oxygen atoms in total. The van der Waals surface area contributed by atoms with Crippen molar-refractivity contribution in [1.82, 2.24) is 5.43 Å². The summed E-state index contributed by atoms with van der Waals surface area (Å²) < 4.78 is 23.0. The first-order chi connectivity index (χ1) is 14.9. The van der Waals surface area contributed by atoms with Crippen molar-refractivity contribution < 1.29 is 23.4 Å². The van der Waals surface area contributed by atoms with E-state index in [9.17, 15) is 4.79 Å². The molecule has 1 N–H and O–H groups in total. The zero-order chi connectivity index (χ0) is 22.5. The molecule has 1 aromatic heterocycles. The molecule has 0 saturated carbocycles. The monoisotopic (exact) mass is 508 g/mol. The number of furan rings is 1. The summed E-state index contributed by atoms with van der Waals surface area (Å²) in [7, 11) is 3.07. The third-order valence-corrected chi connectivity index (χ3v) is 5.25. The lowest BCUT2D eigenvalue weighted by molar-refractivity contribution is 0.0929. The van der Waals surface area contributed by atoms with Crippen molar-refractivity contribution in [1.29, 1.82) is 0 Å². The molecule has 1 atom stereocenters. The molecule has 2 aromatic carbocycles. The summed E-state index contributed by atoms with van der Waals surface area (Å²) in [5.74, 6) is 1.09. The van der Waals surface area contributed by atoms with E-state index in [1.54, 1.807) is 24.3 Å². The number of rotatable bonds is 8. The number of amides is 1. The number of nitrogens with zero attached hydrogens (tertiary/aromatic N) is 1. The zero-order valence-corrected chi connectivity index (χ0v) is 19.8. The Morgan fingerprint density at radius 1 is 1.23 bits per heavy atom. The minimum absolute atomic E-state index is 0.00624. The Morgan fingerprint density at radius 2 is 1.97 bits per heavy atom. The maximum atomic E-state index is 12.4. The van der Waals surface area contributed by atoms with Crippen LogP contribution in [0.3, 0.4) is 0 Å². The number of nitrogens with one attached hydrogen (secondary N) is 1. The van der Waals surface area contributed by atoms with E-state index in [0.717, 1.165) is 16.3 Å². The van der Waals surface area contributed by atoms with Gasteiger partial charge >= 0.3 is 5.91 Å². The fourth-order valence-electron chi connectivity index (χ4n) is 2.78. The number of hydrogen-bond acceptors (Lipinski definition) is 6. The number of fused-ring (bicyclic) bond motifs is 1. The Hall–Kier alpha value is -2.71. The van der Waals surface area contributed by atoms with E-state index < -0.39 is 5.91 Å². The summed E-state index contributed by atoms with van der Waals surface area (Å²) in [5.41, 5.74) is 3.56. The van der Waals surface area contributed by atoms with Gasteiger partial charge in [-0.05, 0) is 49.2 Å². The molecule has 0 radical (unpaired) electrons. The number of benzene rings is 2. The molecular formula is C22H22BrClN2O5. The first-order valence-corrected chi connectivity index (χ1v) is 10.7. The van der Waals surface area contributed by atoms with Crippen molar-refractivity contribution in [2.45, 2.75) is 26.4 Å². The quantitative estimate of drug-likeness (QED) is 0.306. The molecule has 0 unspecified atom stereocenters. The van der Waals surface area contributed by atoms with Crippen molar-refractivity contribution in [3.8, 4) is 17.2 Å². The van der Waals surface area contributed by atoms with Gasteiger partial charge in [0.25, 0.3) is 0 Å². The normalized spacial score (nSPS) is 12.2. The predicted molar refractivity (Wildman–Crippen MR) is 124 cm³/mol. The van der Waals surface area contributed by atoms with Crippen LogP contribution >= 0.6 is 27.5 Å². The number of hydrogen-bond donors (Lipinski definition) is 1. The highest BCUT2D eigenvalue weighted by atomic mass is 79.9. The largest absolute Gasteiger partial charge is 0.493 e. The number of ether oxygens (including phenoxy) is 3. The van der Waals surface area contributed by atoms with E-state index in [1.807, 2.05) is 19.9 Å². The summed E-state index contributed by atoms with van der Waals surface area (Å²) in [4.78, 5) is 12.4. The van der Waals surface area contributed by atoms with Crippen LogP contribution in [0.25, 0.3) is 11.0 Å². The molecule has 3 rings (SSSR count). The fourth-order valence-corrected chi connectivity index (χ4v) is 3.50. The van der Waals surface area contributed by atoms with E-state index in [4.69, 9.17) is 30.2 Å². The molecule has 0 aliphatic carbocycles. The van der Waals surface area contributed by atoms with Crippen molar-refractivity contribution in [2.24, 2.45) is 5.10 Å². The number of carbonyl (C=O) groups is 1. The fraction of sp³-hybridized carbons (Fsp3) is 0.273. The minimum Gasteiger partial charge on any atom is -0.493 e. The third kappa shape index (κ3) is 5.32. The zero-order valence-electron chi connectivity index (χ0n) is 17.5. The topological polar surface area (TPSA) is 82.3 Å². The molecule has 1 amide bonds. The maximum Gasteiger partial charge on any atom is 0.307 e. The van der Waals surface area contributed by atoms with Crippen LogP contribution in [0.15, 0.2) is 44.3 Å². The second-order valence-electron chi connectivity index (χ2n) is 6.71. The highest BCUT2D eigenvalue weighted by Gasteiger charge is 2.16. The molecule has 0 spiro atoms. The number of methoxy groups -OCH3 is 2. The van der Waals surface area contributed by atoms with Crippen molar-refractivity contribution >= 4 is 50.6 Å². The standard InChI is InChI=1S/C22H22BrClN2O5/c1-5-12(2)30-21-16(24)6-13(7-17(21)28-3)11-25-26-22(27)19-9-14-8-15(23)10-18(29-4)20(14)31-19/h6-12H,5H2,1-4H3,(H,26,27)/b25-11-/t12-/m0/s1. The second kappa shape index (κ2) is 10.1. The van der Waals surface area contributed by atoms with E-state index in [1.165, 1.54) is 20.4 Å². The molecular weight excluding hydrogens is 488 g/mol. The van der Waals surface area contributed by atoms with Gasteiger partial charge in [0.05, 0.1) is 31.6 Å². The van der Waals surface area contributed by atoms with Crippen LogP contribution in [0.1, 0.15) is 36.4 Å². The third-order valence-electron chi connectivity index (χ3n) is 4.52. The first kappa shape index (κ1) is 23.0. The maximum absolute atomic E-state index is 12.4. The minimum atomic E-state index is -0.500.